The van der Waals surface area contributed by atoms with Crippen LogP contribution in [-0.4, -0.2) is 44.0 Å². The van der Waals surface area contributed by atoms with Gasteiger partial charge in [-0.3, -0.25) is 4.79 Å². The van der Waals surface area contributed by atoms with Crippen molar-refractivity contribution in [1.29, 1.82) is 0 Å². The van der Waals surface area contributed by atoms with Crippen molar-refractivity contribution in [3.05, 3.63) is 40.6 Å². The van der Waals surface area contributed by atoms with Crippen LogP contribution < -0.4 is 16.0 Å². The van der Waals surface area contributed by atoms with Gasteiger partial charge in [-0.2, -0.15) is 0 Å². The van der Waals surface area contributed by atoms with E-state index in [1.54, 1.807) is 0 Å². The molecular formula is C16H20N4OS. The number of rotatable bonds is 3. The number of likely N-dealkylation sites (N-methyl/N-ethyl adjacent to an activating group) is 1. The third-order valence-corrected chi connectivity index (χ3v) is 4.74. The van der Waals surface area contributed by atoms with Gasteiger partial charge in [0.05, 0.1) is 16.3 Å². The van der Waals surface area contributed by atoms with Gasteiger partial charge in [-0.1, -0.05) is 6.07 Å². The second-order valence-corrected chi connectivity index (χ2v) is 6.44. The van der Waals surface area contributed by atoms with Crippen LogP contribution in [0.2, 0.25) is 0 Å². The molecule has 2 heterocycles. The Morgan fingerprint density at radius 3 is 2.64 bits per heavy atom. The van der Waals surface area contributed by atoms with Gasteiger partial charge in [-0.15, -0.1) is 11.3 Å². The van der Waals surface area contributed by atoms with Gasteiger partial charge in [-0.05, 0) is 36.7 Å². The van der Waals surface area contributed by atoms with Crippen molar-refractivity contribution in [2.75, 3.05) is 49.2 Å². The molecule has 0 unspecified atom stereocenters. The zero-order valence-electron chi connectivity index (χ0n) is 12.6. The molecule has 1 aliphatic heterocycles. The van der Waals surface area contributed by atoms with Crippen LogP contribution in [0.25, 0.3) is 0 Å². The van der Waals surface area contributed by atoms with Crippen LogP contribution in [0, 0.1) is 0 Å². The number of nitrogen functional groups attached to an aromatic ring is 1. The highest BCUT2D eigenvalue weighted by Crippen LogP contribution is 2.27. The summed E-state index contributed by atoms with van der Waals surface area (Å²) < 4.78 is 0. The average Bonchev–Trinajstić information content (AvgIpc) is 3.03. The van der Waals surface area contributed by atoms with E-state index in [-0.39, 0.29) is 5.91 Å². The number of hydrogen-bond acceptors (Lipinski definition) is 5. The van der Waals surface area contributed by atoms with E-state index in [4.69, 9.17) is 5.73 Å². The predicted molar refractivity (Wildman–Crippen MR) is 92.8 cm³/mol. The molecule has 1 fully saturated rings. The fourth-order valence-electron chi connectivity index (χ4n) is 2.57. The zero-order chi connectivity index (χ0) is 15.5. The molecule has 0 aliphatic carbocycles. The molecule has 5 nitrogen and oxygen atoms in total. The number of nitrogens with zero attached hydrogens (tertiary/aromatic N) is 2. The first-order chi connectivity index (χ1) is 10.6. The first-order valence-corrected chi connectivity index (χ1v) is 8.19. The summed E-state index contributed by atoms with van der Waals surface area (Å²) in [5.41, 5.74) is 8.65. The highest BCUT2D eigenvalue weighted by molar-refractivity contribution is 7.12. The number of nitrogens with one attached hydrogen (secondary N) is 1. The number of hydrogen-bond donors (Lipinski definition) is 2. The minimum atomic E-state index is -0.0956. The molecule has 1 aromatic heterocycles. The molecule has 2 aromatic rings. The summed E-state index contributed by atoms with van der Waals surface area (Å²) in [4.78, 5) is 17.3. The molecule has 0 bridgehead atoms. The van der Waals surface area contributed by atoms with Crippen LogP contribution >= 0.6 is 11.3 Å². The lowest BCUT2D eigenvalue weighted by Crippen LogP contribution is -2.44. The van der Waals surface area contributed by atoms with Gasteiger partial charge in [0.15, 0.2) is 0 Å². The van der Waals surface area contributed by atoms with Gasteiger partial charge >= 0.3 is 0 Å². The summed E-state index contributed by atoms with van der Waals surface area (Å²) in [5.74, 6) is -0.0956. The quantitative estimate of drug-likeness (QED) is 0.853. The third-order valence-electron chi connectivity index (χ3n) is 3.87. The normalized spacial score (nSPS) is 15.8. The lowest BCUT2D eigenvalue weighted by molar-refractivity contribution is 0.103. The Bertz CT molecular complexity index is 648. The van der Waals surface area contributed by atoms with Gasteiger partial charge in [-0.25, -0.2) is 0 Å². The lowest BCUT2D eigenvalue weighted by atomic mass is 10.2. The first-order valence-electron chi connectivity index (χ1n) is 7.31. The number of thiophene rings is 1. The van der Waals surface area contributed by atoms with Gasteiger partial charge in [0.25, 0.3) is 5.91 Å². The minimum Gasteiger partial charge on any atom is -0.397 e. The predicted octanol–water partition coefficient (Wildman–Crippen LogP) is 2.33. The van der Waals surface area contributed by atoms with E-state index in [1.807, 2.05) is 35.7 Å². The molecule has 22 heavy (non-hydrogen) atoms. The smallest absolute Gasteiger partial charge is 0.265 e. The van der Waals surface area contributed by atoms with Crippen LogP contribution in [0.5, 0.6) is 0 Å². The fourth-order valence-corrected chi connectivity index (χ4v) is 3.19. The maximum absolute atomic E-state index is 12.1. The molecule has 116 valence electrons. The van der Waals surface area contributed by atoms with E-state index in [2.05, 4.69) is 22.2 Å². The Hall–Kier alpha value is -2.05. The Kier molecular flexibility index (Phi) is 4.31. The second-order valence-electron chi connectivity index (χ2n) is 5.50. The molecule has 3 N–H and O–H groups in total. The molecule has 0 radical (unpaired) electrons. The first kappa shape index (κ1) is 14.9. The van der Waals surface area contributed by atoms with E-state index >= 15 is 0 Å². The Balaban J connectivity index is 1.71. The standard InChI is InChI=1S/C16H20N4OS/c1-19-6-8-20(9-7-19)14-5-4-12(11-13(14)17)18-16(21)15-3-2-10-22-15/h2-5,10-11H,6-9,17H2,1H3,(H,18,21). The minimum absolute atomic E-state index is 0.0956. The molecule has 0 atom stereocenters. The number of benzene rings is 1. The number of nitrogens with two attached hydrogens (primary N) is 1. The van der Waals surface area contributed by atoms with Crippen molar-refractivity contribution < 1.29 is 4.79 Å². The number of anilines is 3. The van der Waals surface area contributed by atoms with Crippen molar-refractivity contribution in [3.8, 4) is 0 Å². The Morgan fingerprint density at radius 1 is 1.23 bits per heavy atom. The topological polar surface area (TPSA) is 61.6 Å². The number of carbonyl (C=O) groups excluding carboxylic acids is 1. The Morgan fingerprint density at radius 2 is 2.00 bits per heavy atom. The highest BCUT2D eigenvalue weighted by Gasteiger charge is 2.16. The number of carbonyl (C=O) groups is 1. The Labute approximate surface area is 134 Å². The molecule has 3 rings (SSSR count). The van der Waals surface area contributed by atoms with Crippen LogP contribution in [0.1, 0.15) is 9.67 Å². The largest absolute Gasteiger partial charge is 0.397 e. The molecule has 1 aromatic carbocycles. The van der Waals surface area contributed by atoms with Crippen LogP contribution in [0.3, 0.4) is 0 Å². The number of amides is 1. The van der Waals surface area contributed by atoms with E-state index in [1.165, 1.54) is 11.3 Å². The molecular weight excluding hydrogens is 296 g/mol. The SMILES string of the molecule is CN1CCN(c2ccc(NC(=O)c3cccs3)cc2N)CC1. The fraction of sp³-hybridized carbons (Fsp3) is 0.312. The zero-order valence-corrected chi connectivity index (χ0v) is 13.4. The summed E-state index contributed by atoms with van der Waals surface area (Å²) in [5, 5.41) is 4.78. The number of piperazine rings is 1. The lowest BCUT2D eigenvalue weighted by Gasteiger charge is -2.34. The molecule has 0 spiro atoms. The van der Waals surface area contributed by atoms with Crippen molar-refractivity contribution in [2.24, 2.45) is 0 Å². The average molecular weight is 316 g/mol. The van der Waals surface area contributed by atoms with Crippen molar-refractivity contribution in [3.63, 3.8) is 0 Å². The summed E-state index contributed by atoms with van der Waals surface area (Å²) in [6.45, 7) is 4.02. The van der Waals surface area contributed by atoms with Crippen LogP contribution in [0.15, 0.2) is 35.7 Å². The van der Waals surface area contributed by atoms with Crippen molar-refractivity contribution >= 4 is 34.3 Å². The summed E-state index contributed by atoms with van der Waals surface area (Å²) in [6, 6.07) is 9.41. The monoisotopic (exact) mass is 316 g/mol. The molecule has 1 amide bonds. The summed E-state index contributed by atoms with van der Waals surface area (Å²) >= 11 is 1.42. The van der Waals surface area contributed by atoms with Crippen molar-refractivity contribution in [1.82, 2.24) is 4.90 Å². The van der Waals surface area contributed by atoms with Crippen LogP contribution in [-0.2, 0) is 0 Å². The van der Waals surface area contributed by atoms with Crippen LogP contribution in [0.4, 0.5) is 17.1 Å². The molecule has 1 saturated heterocycles. The molecule has 1 aliphatic rings. The molecule has 6 heteroatoms. The summed E-state index contributed by atoms with van der Waals surface area (Å²) in [6.07, 6.45) is 0. The maximum Gasteiger partial charge on any atom is 0.265 e. The van der Waals surface area contributed by atoms with Gasteiger partial charge in [0, 0.05) is 31.9 Å². The summed E-state index contributed by atoms with van der Waals surface area (Å²) in [7, 11) is 2.13. The van der Waals surface area contributed by atoms with E-state index < -0.39 is 0 Å². The van der Waals surface area contributed by atoms with E-state index in [9.17, 15) is 4.79 Å². The maximum atomic E-state index is 12.1. The van der Waals surface area contributed by atoms with Gasteiger partial charge in [0.2, 0.25) is 0 Å². The van der Waals surface area contributed by atoms with E-state index in [0.29, 0.717) is 10.6 Å². The van der Waals surface area contributed by atoms with Gasteiger partial charge < -0.3 is 20.9 Å². The second kappa shape index (κ2) is 6.37. The third kappa shape index (κ3) is 3.23. The van der Waals surface area contributed by atoms with E-state index in [0.717, 1.165) is 37.6 Å². The molecule has 0 saturated carbocycles. The van der Waals surface area contributed by atoms with Gasteiger partial charge in [0.1, 0.15) is 0 Å². The van der Waals surface area contributed by atoms with Crippen molar-refractivity contribution in [2.45, 2.75) is 0 Å². The highest BCUT2D eigenvalue weighted by atomic mass is 32.1.